The van der Waals surface area contributed by atoms with Crippen molar-refractivity contribution in [3.63, 3.8) is 0 Å². The highest BCUT2D eigenvalue weighted by atomic mass is 14.6. The van der Waals surface area contributed by atoms with Gasteiger partial charge in [-0.05, 0) is 22.8 Å². The quantitative estimate of drug-likeness (QED) is 0.675. The van der Waals surface area contributed by atoms with Gasteiger partial charge in [-0.15, -0.1) is 0 Å². The summed E-state index contributed by atoms with van der Waals surface area (Å²) in [5.74, 6) is 0.440. The molecular formula is C14H17N. The molecule has 0 saturated heterocycles. The SMILES string of the molecule is C=c1ccccc(=C)ncc(C(C)C)c1. The van der Waals surface area contributed by atoms with Crippen LogP contribution in [-0.4, -0.2) is 4.98 Å². The minimum atomic E-state index is 0.440. The van der Waals surface area contributed by atoms with E-state index < -0.39 is 0 Å². The molecule has 0 radical (unpaired) electrons. The van der Waals surface area contributed by atoms with Gasteiger partial charge in [0.25, 0.3) is 0 Å². The Labute approximate surface area is 91.1 Å². The molecule has 1 heterocycles. The van der Waals surface area contributed by atoms with Gasteiger partial charge in [0, 0.05) is 6.20 Å². The van der Waals surface area contributed by atoms with Crippen molar-refractivity contribution >= 4 is 13.2 Å². The molecule has 0 fully saturated rings. The van der Waals surface area contributed by atoms with Gasteiger partial charge < -0.3 is 0 Å². The van der Waals surface area contributed by atoms with Crippen molar-refractivity contribution in [2.75, 3.05) is 0 Å². The van der Waals surface area contributed by atoms with Crippen LogP contribution in [0.2, 0.25) is 0 Å². The number of rotatable bonds is 1. The zero-order valence-corrected chi connectivity index (χ0v) is 9.40. The second-order valence-corrected chi connectivity index (χ2v) is 3.84. The van der Waals surface area contributed by atoms with E-state index in [0.29, 0.717) is 5.92 Å². The second kappa shape index (κ2) is 5.30. The molecule has 0 aromatic carbocycles. The Balaban J connectivity index is 3.50. The molecule has 0 aliphatic carbocycles. The van der Waals surface area contributed by atoms with Gasteiger partial charge in [-0.2, -0.15) is 0 Å². The third-order valence-corrected chi connectivity index (χ3v) is 2.11. The fraction of sp³-hybridized carbons (Fsp3) is 0.214. The third kappa shape index (κ3) is 3.94. The molecule has 1 aromatic heterocycles. The van der Waals surface area contributed by atoms with Crippen molar-refractivity contribution < 1.29 is 0 Å². The summed E-state index contributed by atoms with van der Waals surface area (Å²) in [5, 5.41) is 1.75. The van der Waals surface area contributed by atoms with E-state index in [2.05, 4.69) is 38.1 Å². The van der Waals surface area contributed by atoms with Gasteiger partial charge in [0.05, 0.1) is 5.35 Å². The molecule has 0 N–H and O–H groups in total. The van der Waals surface area contributed by atoms with Crippen LogP contribution >= 0.6 is 0 Å². The Morgan fingerprint density at radius 2 is 1.80 bits per heavy atom. The van der Waals surface area contributed by atoms with Crippen molar-refractivity contribution in [1.29, 1.82) is 0 Å². The van der Waals surface area contributed by atoms with Crippen LogP contribution in [-0.2, 0) is 0 Å². The normalized spacial score (nSPS) is 9.80. The lowest BCUT2D eigenvalue weighted by Crippen LogP contribution is -2.02. The molecule has 0 bridgehead atoms. The minimum absolute atomic E-state index is 0.440. The minimum Gasteiger partial charge on any atom is -0.257 e. The van der Waals surface area contributed by atoms with Gasteiger partial charge in [0.15, 0.2) is 0 Å². The first-order valence-electron chi connectivity index (χ1n) is 5.08. The van der Waals surface area contributed by atoms with E-state index in [1.54, 1.807) is 0 Å². The number of hydrogen-bond donors (Lipinski definition) is 0. The van der Waals surface area contributed by atoms with Crippen LogP contribution in [0.3, 0.4) is 0 Å². The Morgan fingerprint density at radius 3 is 2.47 bits per heavy atom. The highest BCUT2D eigenvalue weighted by Crippen LogP contribution is 2.07. The summed E-state index contributed by atoms with van der Waals surface area (Å²) < 4.78 is 0. The second-order valence-electron chi connectivity index (χ2n) is 3.84. The topological polar surface area (TPSA) is 12.9 Å². The summed E-state index contributed by atoms with van der Waals surface area (Å²) in [6.07, 6.45) is 1.86. The van der Waals surface area contributed by atoms with E-state index in [9.17, 15) is 0 Å². The molecule has 0 unspecified atom stereocenters. The van der Waals surface area contributed by atoms with Gasteiger partial charge in [-0.3, -0.25) is 4.98 Å². The average molecular weight is 199 g/mol. The summed E-state index contributed by atoms with van der Waals surface area (Å²) in [5.41, 5.74) is 1.17. The molecule has 15 heavy (non-hydrogen) atoms. The molecule has 1 nitrogen and oxygen atoms in total. The Hall–Kier alpha value is -1.63. The van der Waals surface area contributed by atoms with Crippen molar-refractivity contribution in [2.24, 2.45) is 0 Å². The Kier molecular flexibility index (Phi) is 4.04. The van der Waals surface area contributed by atoms with Crippen molar-refractivity contribution in [2.45, 2.75) is 19.8 Å². The lowest BCUT2D eigenvalue weighted by Gasteiger charge is -2.00. The molecule has 78 valence electrons. The molecule has 0 saturated carbocycles. The molecule has 0 atom stereocenters. The smallest absolute Gasteiger partial charge is 0.0557 e. The van der Waals surface area contributed by atoms with Crippen LogP contribution in [0.15, 0.2) is 36.5 Å². The van der Waals surface area contributed by atoms with Crippen LogP contribution < -0.4 is 10.6 Å². The van der Waals surface area contributed by atoms with Crippen molar-refractivity contribution in [3.8, 4) is 0 Å². The summed E-state index contributed by atoms with van der Waals surface area (Å²) in [4.78, 5) is 4.27. The van der Waals surface area contributed by atoms with E-state index in [1.165, 1.54) is 5.56 Å². The molecule has 0 aliphatic rings. The van der Waals surface area contributed by atoms with E-state index in [-0.39, 0.29) is 0 Å². The van der Waals surface area contributed by atoms with Gasteiger partial charge >= 0.3 is 0 Å². The molecule has 1 aromatic rings. The predicted octanol–water partition coefficient (Wildman–Crippen LogP) is 2.15. The molecular weight excluding hydrogens is 182 g/mol. The van der Waals surface area contributed by atoms with E-state index in [0.717, 1.165) is 10.6 Å². The fourth-order valence-electron chi connectivity index (χ4n) is 1.16. The first-order valence-corrected chi connectivity index (χ1v) is 5.08. The van der Waals surface area contributed by atoms with Crippen LogP contribution in [0, 0.1) is 0 Å². The molecule has 0 aliphatic heterocycles. The van der Waals surface area contributed by atoms with Crippen LogP contribution in [0.25, 0.3) is 13.2 Å². The van der Waals surface area contributed by atoms with Gasteiger partial charge in [-0.1, -0.05) is 51.3 Å². The summed E-state index contributed by atoms with van der Waals surface area (Å²) >= 11 is 0. The van der Waals surface area contributed by atoms with Crippen molar-refractivity contribution in [1.82, 2.24) is 4.98 Å². The molecule has 1 rings (SSSR count). The summed E-state index contributed by atoms with van der Waals surface area (Å²) in [6.45, 7) is 12.1. The lowest BCUT2D eigenvalue weighted by molar-refractivity contribution is 0.859. The maximum Gasteiger partial charge on any atom is 0.0557 e. The number of aromatic nitrogens is 1. The third-order valence-electron chi connectivity index (χ3n) is 2.11. The van der Waals surface area contributed by atoms with Gasteiger partial charge in [-0.25, -0.2) is 0 Å². The van der Waals surface area contributed by atoms with Crippen LogP contribution in [0.5, 0.6) is 0 Å². The lowest BCUT2D eigenvalue weighted by atomic mass is 10.1. The first kappa shape index (κ1) is 11.4. The predicted molar refractivity (Wildman–Crippen MR) is 66.2 cm³/mol. The van der Waals surface area contributed by atoms with E-state index in [1.807, 2.05) is 30.5 Å². The van der Waals surface area contributed by atoms with Crippen molar-refractivity contribution in [3.05, 3.63) is 52.7 Å². The maximum atomic E-state index is 4.27. The Morgan fingerprint density at radius 1 is 1.13 bits per heavy atom. The van der Waals surface area contributed by atoms with E-state index in [4.69, 9.17) is 0 Å². The Bertz CT molecular complexity index is 473. The number of hydrogen-bond acceptors (Lipinski definition) is 1. The summed E-state index contributed by atoms with van der Waals surface area (Å²) in [6, 6.07) is 9.77. The first-order chi connectivity index (χ1) is 7.09. The fourth-order valence-corrected chi connectivity index (χ4v) is 1.16. The average Bonchev–Trinajstić information content (AvgIpc) is 2.18. The monoisotopic (exact) mass is 199 g/mol. The van der Waals surface area contributed by atoms with Gasteiger partial charge in [0.1, 0.15) is 0 Å². The number of nitrogens with zero attached hydrogens (tertiary/aromatic N) is 1. The molecule has 0 amide bonds. The maximum absolute atomic E-state index is 4.27. The highest BCUT2D eigenvalue weighted by molar-refractivity contribution is 5.16. The largest absolute Gasteiger partial charge is 0.257 e. The molecule has 0 spiro atoms. The van der Waals surface area contributed by atoms with E-state index >= 15 is 0 Å². The highest BCUT2D eigenvalue weighted by Gasteiger charge is 1.94. The zero-order valence-electron chi connectivity index (χ0n) is 9.40. The molecule has 1 heteroatoms. The summed E-state index contributed by atoms with van der Waals surface area (Å²) in [7, 11) is 0. The van der Waals surface area contributed by atoms with Gasteiger partial charge in [0.2, 0.25) is 0 Å². The standard InChI is InChI=1S/C14H17N/c1-11(2)14-9-12(3)7-5-6-8-13(4)15-10-14/h5-11H,3-4H2,1-2H3. The van der Waals surface area contributed by atoms with Crippen LogP contribution in [0.4, 0.5) is 0 Å². The zero-order chi connectivity index (χ0) is 11.3. The van der Waals surface area contributed by atoms with Crippen LogP contribution in [0.1, 0.15) is 25.3 Å².